The molecule has 0 spiro atoms. The Labute approximate surface area is 155 Å². The maximum Gasteiger partial charge on any atom is 0.319 e. The van der Waals surface area contributed by atoms with Gasteiger partial charge in [0.1, 0.15) is 0 Å². The lowest BCUT2D eigenvalue weighted by Gasteiger charge is -2.17. The molecular formula is C19H20BrN3O2. The van der Waals surface area contributed by atoms with Gasteiger partial charge in [-0.1, -0.05) is 36.4 Å². The molecule has 1 saturated heterocycles. The van der Waals surface area contributed by atoms with Crippen molar-refractivity contribution in [1.29, 1.82) is 0 Å². The van der Waals surface area contributed by atoms with Gasteiger partial charge in [0.05, 0.1) is 11.7 Å². The minimum atomic E-state index is -0.302. The zero-order chi connectivity index (χ0) is 17.8. The van der Waals surface area contributed by atoms with Gasteiger partial charge in [-0.2, -0.15) is 0 Å². The van der Waals surface area contributed by atoms with E-state index in [1.807, 2.05) is 55.5 Å². The van der Waals surface area contributed by atoms with E-state index >= 15 is 0 Å². The SMILES string of the molecule is Cc1ccc(NC(=O)NC2CC(=O)N(Cc3ccccc3)C2)c(Br)c1. The lowest BCUT2D eigenvalue weighted by Crippen LogP contribution is -2.39. The van der Waals surface area contributed by atoms with Crippen molar-refractivity contribution in [3.05, 3.63) is 64.1 Å². The van der Waals surface area contributed by atoms with Crippen molar-refractivity contribution in [1.82, 2.24) is 10.2 Å². The number of rotatable bonds is 4. The summed E-state index contributed by atoms with van der Waals surface area (Å²) in [5, 5.41) is 5.70. The van der Waals surface area contributed by atoms with Crippen molar-refractivity contribution in [2.45, 2.75) is 25.9 Å². The lowest BCUT2D eigenvalue weighted by atomic mass is 10.2. The van der Waals surface area contributed by atoms with E-state index < -0.39 is 0 Å². The number of carbonyl (C=O) groups is 2. The first-order chi connectivity index (χ1) is 12.0. The third-order valence-corrected chi connectivity index (χ3v) is 4.79. The topological polar surface area (TPSA) is 61.4 Å². The van der Waals surface area contributed by atoms with Crippen molar-refractivity contribution < 1.29 is 9.59 Å². The lowest BCUT2D eigenvalue weighted by molar-refractivity contribution is -0.128. The summed E-state index contributed by atoms with van der Waals surface area (Å²) in [5.41, 5.74) is 2.90. The first-order valence-electron chi connectivity index (χ1n) is 8.16. The van der Waals surface area contributed by atoms with E-state index in [0.717, 1.165) is 15.6 Å². The number of hydrogen-bond donors (Lipinski definition) is 2. The molecule has 2 N–H and O–H groups in total. The number of likely N-dealkylation sites (tertiary alicyclic amines) is 1. The smallest absolute Gasteiger partial charge is 0.319 e. The maximum atomic E-state index is 12.2. The number of carbonyl (C=O) groups excluding carboxylic acids is 2. The Morgan fingerprint density at radius 1 is 1.24 bits per heavy atom. The van der Waals surface area contributed by atoms with E-state index in [4.69, 9.17) is 0 Å². The van der Waals surface area contributed by atoms with Crippen LogP contribution in [-0.2, 0) is 11.3 Å². The fourth-order valence-corrected chi connectivity index (χ4v) is 3.48. The van der Waals surface area contributed by atoms with Crippen molar-refractivity contribution in [2.24, 2.45) is 0 Å². The molecule has 0 saturated carbocycles. The summed E-state index contributed by atoms with van der Waals surface area (Å²) in [6.07, 6.45) is 0.329. The van der Waals surface area contributed by atoms with E-state index in [2.05, 4.69) is 26.6 Å². The molecule has 3 rings (SSSR count). The summed E-state index contributed by atoms with van der Waals surface area (Å²) in [6, 6.07) is 15.1. The van der Waals surface area contributed by atoms with Crippen molar-refractivity contribution >= 4 is 33.6 Å². The highest BCUT2D eigenvalue weighted by molar-refractivity contribution is 9.10. The second-order valence-corrected chi connectivity index (χ2v) is 7.10. The number of nitrogens with zero attached hydrogens (tertiary/aromatic N) is 1. The van der Waals surface area contributed by atoms with Crippen LogP contribution in [0, 0.1) is 6.92 Å². The number of halogens is 1. The molecule has 1 aliphatic heterocycles. The van der Waals surface area contributed by atoms with E-state index in [-0.39, 0.29) is 18.0 Å². The summed E-state index contributed by atoms with van der Waals surface area (Å²) in [6.45, 7) is 3.08. The van der Waals surface area contributed by atoms with Gasteiger partial charge in [0.15, 0.2) is 0 Å². The van der Waals surface area contributed by atoms with Gasteiger partial charge in [0.25, 0.3) is 0 Å². The molecule has 0 aliphatic carbocycles. The van der Waals surface area contributed by atoms with E-state index in [9.17, 15) is 9.59 Å². The second kappa shape index (κ2) is 7.70. The molecule has 1 unspecified atom stereocenters. The molecule has 25 heavy (non-hydrogen) atoms. The highest BCUT2D eigenvalue weighted by atomic mass is 79.9. The minimum absolute atomic E-state index is 0.0608. The summed E-state index contributed by atoms with van der Waals surface area (Å²) in [7, 11) is 0. The summed E-state index contributed by atoms with van der Waals surface area (Å²) >= 11 is 3.44. The van der Waals surface area contributed by atoms with Crippen LogP contribution in [-0.4, -0.2) is 29.4 Å². The van der Waals surface area contributed by atoms with Crippen LogP contribution in [0.5, 0.6) is 0 Å². The van der Waals surface area contributed by atoms with E-state index in [0.29, 0.717) is 25.2 Å². The summed E-state index contributed by atoms with van der Waals surface area (Å²) < 4.78 is 0.829. The molecule has 0 aromatic heterocycles. The van der Waals surface area contributed by atoms with Gasteiger partial charge in [0.2, 0.25) is 5.91 Å². The van der Waals surface area contributed by atoms with E-state index in [1.54, 1.807) is 4.90 Å². The third kappa shape index (κ3) is 4.60. The zero-order valence-corrected chi connectivity index (χ0v) is 15.5. The molecule has 0 radical (unpaired) electrons. The number of hydrogen-bond acceptors (Lipinski definition) is 2. The largest absolute Gasteiger partial charge is 0.336 e. The predicted octanol–water partition coefficient (Wildman–Crippen LogP) is 3.68. The van der Waals surface area contributed by atoms with E-state index in [1.165, 1.54) is 0 Å². The van der Waals surface area contributed by atoms with Crippen LogP contribution in [0.2, 0.25) is 0 Å². The van der Waals surface area contributed by atoms with Crippen LogP contribution in [0.4, 0.5) is 10.5 Å². The quantitative estimate of drug-likeness (QED) is 0.820. The Morgan fingerprint density at radius 2 is 2.00 bits per heavy atom. The van der Waals surface area contributed by atoms with Gasteiger partial charge >= 0.3 is 6.03 Å². The Hall–Kier alpha value is -2.34. The zero-order valence-electron chi connectivity index (χ0n) is 14.0. The minimum Gasteiger partial charge on any atom is -0.336 e. The van der Waals surface area contributed by atoms with Crippen molar-refractivity contribution in [3.8, 4) is 0 Å². The molecule has 130 valence electrons. The Morgan fingerprint density at radius 3 is 2.72 bits per heavy atom. The molecule has 1 fully saturated rings. The number of nitrogens with one attached hydrogen (secondary N) is 2. The van der Waals surface area contributed by atoms with Crippen molar-refractivity contribution in [2.75, 3.05) is 11.9 Å². The fraction of sp³-hybridized carbons (Fsp3) is 0.263. The van der Waals surface area contributed by atoms with Crippen LogP contribution in [0.25, 0.3) is 0 Å². The highest BCUT2D eigenvalue weighted by Gasteiger charge is 2.30. The fourth-order valence-electron chi connectivity index (χ4n) is 2.89. The second-order valence-electron chi connectivity index (χ2n) is 6.24. The molecule has 5 nitrogen and oxygen atoms in total. The number of aryl methyl sites for hydroxylation is 1. The molecule has 6 heteroatoms. The molecule has 1 aliphatic rings. The number of benzene rings is 2. The number of anilines is 1. The molecule has 1 atom stereocenters. The molecule has 1 heterocycles. The van der Waals surface area contributed by atoms with Gasteiger partial charge in [-0.25, -0.2) is 4.79 Å². The monoisotopic (exact) mass is 401 g/mol. The van der Waals surface area contributed by atoms with Gasteiger partial charge < -0.3 is 15.5 Å². The molecular weight excluding hydrogens is 382 g/mol. The predicted molar refractivity (Wildman–Crippen MR) is 101 cm³/mol. The van der Waals surface area contributed by atoms with Crippen molar-refractivity contribution in [3.63, 3.8) is 0 Å². The molecule has 2 aromatic carbocycles. The number of amides is 3. The average Bonchev–Trinajstić information content (AvgIpc) is 2.90. The Kier molecular flexibility index (Phi) is 5.38. The maximum absolute atomic E-state index is 12.2. The van der Waals surface area contributed by atoms with Gasteiger partial charge in [0, 0.05) is 24.0 Å². The van der Waals surface area contributed by atoms with Crippen LogP contribution in [0.3, 0.4) is 0 Å². The average molecular weight is 402 g/mol. The normalized spacial score (nSPS) is 16.8. The van der Waals surface area contributed by atoms with Gasteiger partial charge in [-0.05, 0) is 46.1 Å². The molecule has 2 aromatic rings. The third-order valence-electron chi connectivity index (χ3n) is 4.14. The summed E-state index contributed by atoms with van der Waals surface area (Å²) in [4.78, 5) is 26.2. The van der Waals surface area contributed by atoms with Crippen LogP contribution in [0.15, 0.2) is 53.0 Å². The Bertz CT molecular complexity index is 779. The molecule has 3 amide bonds. The van der Waals surface area contributed by atoms with Crippen LogP contribution < -0.4 is 10.6 Å². The first kappa shape index (κ1) is 17.5. The Balaban J connectivity index is 1.55. The van der Waals surface area contributed by atoms with Crippen LogP contribution >= 0.6 is 15.9 Å². The van der Waals surface area contributed by atoms with Gasteiger partial charge in [-0.15, -0.1) is 0 Å². The standard InChI is InChI=1S/C19H20BrN3O2/c1-13-7-8-17(16(20)9-13)22-19(25)21-15-10-18(24)23(12-15)11-14-5-3-2-4-6-14/h2-9,15H,10-12H2,1H3,(H2,21,22,25). The number of urea groups is 1. The first-order valence-corrected chi connectivity index (χ1v) is 8.96. The summed E-state index contributed by atoms with van der Waals surface area (Å²) in [5.74, 6) is 0.0608. The molecule has 0 bridgehead atoms. The van der Waals surface area contributed by atoms with Gasteiger partial charge in [-0.3, -0.25) is 4.79 Å². The van der Waals surface area contributed by atoms with Crippen LogP contribution in [0.1, 0.15) is 17.5 Å². The highest BCUT2D eigenvalue weighted by Crippen LogP contribution is 2.23.